The van der Waals surface area contributed by atoms with Gasteiger partial charge in [0.1, 0.15) is 0 Å². The molecule has 0 fully saturated rings. The van der Waals surface area contributed by atoms with Gasteiger partial charge in [-0.1, -0.05) is 237 Å². The third kappa shape index (κ3) is 7.46. The Kier molecular flexibility index (Phi) is 11.0. The van der Waals surface area contributed by atoms with E-state index in [1.807, 2.05) is 0 Å². The molecule has 0 radical (unpaired) electrons. The minimum absolute atomic E-state index is 1.08. The van der Waals surface area contributed by atoms with Gasteiger partial charge in [-0.3, -0.25) is 0 Å². The topological polar surface area (TPSA) is 8.17 Å². The fourth-order valence-corrected chi connectivity index (χ4v) is 15.5. The molecule has 69 heavy (non-hydrogen) atoms. The number of hydrogen-bond donors (Lipinski definition) is 0. The zero-order valence-corrected chi connectivity index (χ0v) is 39.1. The first kappa shape index (κ1) is 41.7. The van der Waals surface area contributed by atoms with Crippen LogP contribution in [0.3, 0.4) is 0 Å². The van der Waals surface area contributed by atoms with Gasteiger partial charge >= 0.3 is 0 Å². The molecule has 3 heteroatoms. The van der Waals surface area contributed by atoms with Crippen LogP contribution in [0.1, 0.15) is 0 Å². The Bertz CT molecular complexity index is 3590. The summed E-state index contributed by atoms with van der Waals surface area (Å²) in [5.41, 5.74) is 13.9. The van der Waals surface area contributed by atoms with E-state index in [4.69, 9.17) is 0 Å². The van der Waals surface area contributed by atoms with Crippen molar-refractivity contribution >= 4 is 67.7 Å². The minimum atomic E-state index is -2.72. The highest BCUT2D eigenvalue weighted by Crippen LogP contribution is 2.45. The number of rotatable bonds is 11. The predicted octanol–water partition coefficient (Wildman–Crippen LogP) is 14.6. The average molecular weight is 897 g/mol. The molecule has 1 aromatic heterocycles. The Morgan fingerprint density at radius 3 is 1.29 bits per heavy atom. The van der Waals surface area contributed by atoms with Crippen molar-refractivity contribution < 1.29 is 0 Å². The summed E-state index contributed by atoms with van der Waals surface area (Å²) in [6, 6.07) is 107. The van der Waals surface area contributed by atoms with Crippen molar-refractivity contribution in [3.05, 3.63) is 291 Å². The molecule has 0 saturated carbocycles. The van der Waals surface area contributed by atoms with E-state index in [0.29, 0.717) is 0 Å². The molecule has 11 aromatic carbocycles. The van der Waals surface area contributed by atoms with Gasteiger partial charge in [-0.2, -0.15) is 0 Å². The molecule has 0 saturated heterocycles. The lowest BCUT2D eigenvalue weighted by molar-refractivity contribution is 1.18. The average Bonchev–Trinajstić information content (AvgIpc) is 3.78. The summed E-state index contributed by atoms with van der Waals surface area (Å²) in [6.07, 6.45) is 0. The third-order valence-corrected chi connectivity index (χ3v) is 18.5. The lowest BCUT2D eigenvalue weighted by Gasteiger charge is -2.34. The molecule has 12 rings (SSSR count). The van der Waals surface area contributed by atoms with Crippen molar-refractivity contribution in [3.63, 3.8) is 0 Å². The molecule has 0 amide bonds. The lowest BCUT2D eigenvalue weighted by Crippen LogP contribution is -2.74. The van der Waals surface area contributed by atoms with E-state index >= 15 is 0 Å². The molecule has 1 heterocycles. The smallest absolute Gasteiger partial charge is 0.179 e. The van der Waals surface area contributed by atoms with E-state index < -0.39 is 8.07 Å². The summed E-state index contributed by atoms with van der Waals surface area (Å²) in [5.74, 6) is 0. The van der Waals surface area contributed by atoms with Crippen LogP contribution in [0, 0.1) is 0 Å². The SMILES string of the molecule is c1ccc(-c2ccccc2-c2ccc(N(c3ccc(-c4cccc([Si](c5ccccc5)(c5ccccc5)c5ccccc5)c4)cc3)c3cccc4c3c3ccccc3n4-c3ccccc3)cc2)cc1. The zero-order chi connectivity index (χ0) is 46.0. The molecule has 0 bridgehead atoms. The van der Waals surface area contributed by atoms with Gasteiger partial charge in [0, 0.05) is 27.8 Å². The van der Waals surface area contributed by atoms with E-state index in [0.717, 1.165) is 28.3 Å². The second kappa shape index (κ2) is 18.1. The summed E-state index contributed by atoms with van der Waals surface area (Å²) >= 11 is 0. The monoisotopic (exact) mass is 896 g/mol. The van der Waals surface area contributed by atoms with Gasteiger partial charge in [0.25, 0.3) is 0 Å². The van der Waals surface area contributed by atoms with Crippen LogP contribution in [0.4, 0.5) is 17.1 Å². The predicted molar refractivity (Wildman–Crippen MR) is 295 cm³/mol. The maximum atomic E-state index is 2.46. The second-order valence-electron chi connectivity index (χ2n) is 17.6. The van der Waals surface area contributed by atoms with Gasteiger partial charge < -0.3 is 9.47 Å². The van der Waals surface area contributed by atoms with Crippen molar-refractivity contribution in [2.24, 2.45) is 0 Å². The zero-order valence-electron chi connectivity index (χ0n) is 38.1. The van der Waals surface area contributed by atoms with Crippen LogP contribution >= 0.6 is 0 Å². The van der Waals surface area contributed by atoms with Gasteiger partial charge in [-0.25, -0.2) is 0 Å². The number of hydrogen-bond acceptors (Lipinski definition) is 1. The molecule has 0 N–H and O–H groups in total. The maximum absolute atomic E-state index is 2.72. The Hall–Kier alpha value is -8.76. The summed E-state index contributed by atoms with van der Waals surface area (Å²) in [4.78, 5) is 2.44. The van der Waals surface area contributed by atoms with Gasteiger partial charge in [0.05, 0.1) is 16.7 Å². The summed E-state index contributed by atoms with van der Waals surface area (Å²) in [5, 5.41) is 7.86. The van der Waals surface area contributed by atoms with Crippen LogP contribution < -0.4 is 25.6 Å². The van der Waals surface area contributed by atoms with E-state index in [2.05, 4.69) is 301 Å². The second-order valence-corrected chi connectivity index (χ2v) is 21.4. The highest BCUT2D eigenvalue weighted by molar-refractivity contribution is 7.19. The minimum Gasteiger partial charge on any atom is -0.310 e. The van der Waals surface area contributed by atoms with Crippen LogP contribution in [0.15, 0.2) is 291 Å². The van der Waals surface area contributed by atoms with Crippen LogP contribution in [-0.4, -0.2) is 12.6 Å². The van der Waals surface area contributed by atoms with Crippen molar-refractivity contribution in [2.45, 2.75) is 0 Å². The first-order valence-corrected chi connectivity index (χ1v) is 25.8. The highest BCUT2D eigenvalue weighted by atomic mass is 28.3. The van der Waals surface area contributed by atoms with E-state index in [1.54, 1.807) is 0 Å². The largest absolute Gasteiger partial charge is 0.310 e. The number of anilines is 3. The molecule has 0 spiro atoms. The third-order valence-electron chi connectivity index (χ3n) is 13.8. The van der Waals surface area contributed by atoms with Crippen molar-refractivity contribution in [3.8, 4) is 39.1 Å². The quantitative estimate of drug-likeness (QED) is 0.0928. The van der Waals surface area contributed by atoms with Gasteiger partial charge in [0.15, 0.2) is 8.07 Å². The Labute approximate surface area is 405 Å². The number of fused-ring (bicyclic) bond motifs is 3. The van der Waals surface area contributed by atoms with Crippen molar-refractivity contribution in [1.29, 1.82) is 0 Å². The number of benzene rings is 11. The lowest BCUT2D eigenvalue weighted by atomic mass is 9.94. The van der Waals surface area contributed by atoms with Gasteiger partial charge in [-0.05, 0) is 109 Å². The Balaban J connectivity index is 1.01. The fraction of sp³-hybridized carbons (Fsp3) is 0. The molecule has 2 nitrogen and oxygen atoms in total. The van der Waals surface area contributed by atoms with Crippen LogP contribution in [0.5, 0.6) is 0 Å². The van der Waals surface area contributed by atoms with Crippen molar-refractivity contribution in [2.75, 3.05) is 4.90 Å². The van der Waals surface area contributed by atoms with E-state index in [9.17, 15) is 0 Å². The number of nitrogens with zero attached hydrogens (tertiary/aromatic N) is 2. The molecule has 326 valence electrons. The first-order chi connectivity index (χ1) is 34.3. The Morgan fingerprint density at radius 2 is 0.710 bits per heavy atom. The van der Waals surface area contributed by atoms with E-state index in [1.165, 1.54) is 70.4 Å². The highest BCUT2D eigenvalue weighted by Gasteiger charge is 2.41. The molecule has 0 unspecified atom stereocenters. The standard InChI is InChI=1S/C66H48N2Si/c1-6-22-50(23-7-1)60-34-16-17-35-61(60)51-42-46-55(47-43-51)67(64-38-21-39-65-66(64)62-36-18-19-37-63(62)68(65)53-25-8-2-9-26-53)54-44-40-49(41-45-54)52-24-20-33-59(48-52)69(56-27-10-3-11-28-56,57-29-12-4-13-30-57)58-31-14-5-15-32-58/h1-48H. The van der Waals surface area contributed by atoms with Gasteiger partial charge in [0.2, 0.25) is 0 Å². The summed E-state index contributed by atoms with van der Waals surface area (Å²) in [7, 11) is -2.72. The van der Waals surface area contributed by atoms with Gasteiger partial charge in [-0.15, -0.1) is 0 Å². The van der Waals surface area contributed by atoms with Crippen molar-refractivity contribution in [1.82, 2.24) is 4.57 Å². The summed E-state index contributed by atoms with van der Waals surface area (Å²) < 4.78 is 2.40. The van der Waals surface area contributed by atoms with E-state index in [-0.39, 0.29) is 0 Å². The molecule has 0 atom stereocenters. The molecule has 0 aliphatic carbocycles. The summed E-state index contributed by atoms with van der Waals surface area (Å²) in [6.45, 7) is 0. The molecular formula is C66H48N2Si. The normalized spacial score (nSPS) is 11.5. The van der Waals surface area contributed by atoms with Crippen LogP contribution in [0.25, 0.3) is 60.9 Å². The molecular weight excluding hydrogens is 849 g/mol. The van der Waals surface area contributed by atoms with Crippen LogP contribution in [0.2, 0.25) is 0 Å². The molecule has 0 aliphatic heterocycles. The number of aromatic nitrogens is 1. The molecule has 0 aliphatic rings. The molecule has 12 aromatic rings. The maximum Gasteiger partial charge on any atom is 0.179 e. The Morgan fingerprint density at radius 1 is 0.290 bits per heavy atom. The van der Waals surface area contributed by atoms with Crippen LogP contribution in [-0.2, 0) is 0 Å². The number of para-hydroxylation sites is 2. The first-order valence-electron chi connectivity index (χ1n) is 23.8. The fourth-order valence-electron chi connectivity index (χ4n) is 10.7.